The Labute approximate surface area is 186 Å². The van der Waals surface area contributed by atoms with Crippen molar-refractivity contribution in [3.63, 3.8) is 0 Å². The molecular weight excluding hydrogens is 406 g/mol. The molecule has 6 heteroatoms. The summed E-state index contributed by atoms with van der Waals surface area (Å²) in [6.07, 6.45) is 2.34. The number of aliphatic hydroxyl groups excluding tert-OH is 1. The fourth-order valence-electron chi connectivity index (χ4n) is 3.98. The molecule has 1 aliphatic heterocycles. The molecule has 1 unspecified atom stereocenters. The highest BCUT2D eigenvalue weighted by molar-refractivity contribution is 6.51. The van der Waals surface area contributed by atoms with Crippen LogP contribution in [0, 0.1) is 6.92 Å². The Bertz CT molecular complexity index is 1180. The van der Waals surface area contributed by atoms with Gasteiger partial charge in [-0.3, -0.25) is 14.5 Å². The third-order valence-electron chi connectivity index (χ3n) is 5.63. The fraction of sp³-hybridized carbons (Fsp3) is 0.231. The molecule has 32 heavy (non-hydrogen) atoms. The number of carbonyl (C=O) groups excluding carboxylic acids is 2. The maximum absolute atomic E-state index is 13.1. The second-order valence-electron chi connectivity index (χ2n) is 7.62. The predicted octanol–water partition coefficient (Wildman–Crippen LogP) is 5.18. The van der Waals surface area contributed by atoms with Crippen molar-refractivity contribution in [3.8, 4) is 5.75 Å². The molecule has 4 rings (SSSR count). The Kier molecular flexibility index (Phi) is 5.86. The molecule has 1 amide bonds. The smallest absolute Gasteiger partial charge is 0.300 e. The summed E-state index contributed by atoms with van der Waals surface area (Å²) in [5.74, 6) is -0.616. The summed E-state index contributed by atoms with van der Waals surface area (Å²) in [7, 11) is 0. The van der Waals surface area contributed by atoms with Crippen molar-refractivity contribution in [2.45, 2.75) is 33.2 Å². The number of furan rings is 1. The van der Waals surface area contributed by atoms with Crippen molar-refractivity contribution in [2.24, 2.45) is 0 Å². The number of aryl methyl sites for hydroxylation is 2. The molecule has 1 aromatic heterocycles. The van der Waals surface area contributed by atoms with Gasteiger partial charge in [0.25, 0.3) is 11.7 Å². The third kappa shape index (κ3) is 3.68. The highest BCUT2D eigenvalue weighted by Gasteiger charge is 2.48. The number of carbonyl (C=O) groups is 2. The van der Waals surface area contributed by atoms with Crippen molar-refractivity contribution in [1.82, 2.24) is 0 Å². The summed E-state index contributed by atoms with van der Waals surface area (Å²) >= 11 is 0. The number of nitrogens with zero attached hydrogens (tertiary/aromatic N) is 1. The molecule has 164 valence electrons. The second kappa shape index (κ2) is 8.75. The third-order valence-corrected chi connectivity index (χ3v) is 5.63. The number of amides is 1. The van der Waals surface area contributed by atoms with Crippen LogP contribution in [0.25, 0.3) is 5.76 Å². The predicted molar refractivity (Wildman–Crippen MR) is 122 cm³/mol. The number of ketones is 1. The van der Waals surface area contributed by atoms with E-state index in [1.165, 1.54) is 11.2 Å². The lowest BCUT2D eigenvalue weighted by atomic mass is 9.98. The van der Waals surface area contributed by atoms with Crippen LogP contribution in [-0.2, 0) is 16.0 Å². The Hall–Kier alpha value is -3.80. The molecule has 0 radical (unpaired) electrons. The van der Waals surface area contributed by atoms with Gasteiger partial charge in [-0.15, -0.1) is 0 Å². The van der Waals surface area contributed by atoms with E-state index in [1.54, 1.807) is 42.5 Å². The SMILES string of the molecule is CCOc1ccc(/C(O)=C2/C(=O)C(=O)N(c3ccc(CC)cc3)C2c2ccco2)cc1C. The van der Waals surface area contributed by atoms with Gasteiger partial charge in [-0.1, -0.05) is 19.1 Å². The van der Waals surface area contributed by atoms with Gasteiger partial charge in [0.05, 0.1) is 18.4 Å². The summed E-state index contributed by atoms with van der Waals surface area (Å²) in [5, 5.41) is 11.2. The van der Waals surface area contributed by atoms with E-state index in [1.807, 2.05) is 32.9 Å². The monoisotopic (exact) mass is 431 g/mol. The van der Waals surface area contributed by atoms with E-state index >= 15 is 0 Å². The summed E-state index contributed by atoms with van der Waals surface area (Å²) in [5.41, 5.74) is 2.92. The lowest BCUT2D eigenvalue weighted by molar-refractivity contribution is -0.132. The molecule has 1 N–H and O–H groups in total. The van der Waals surface area contributed by atoms with Gasteiger partial charge in [0.1, 0.15) is 23.3 Å². The lowest BCUT2D eigenvalue weighted by Crippen LogP contribution is -2.29. The average molecular weight is 431 g/mol. The first-order chi connectivity index (χ1) is 15.5. The number of ether oxygens (including phenoxy) is 1. The summed E-state index contributed by atoms with van der Waals surface area (Å²) in [4.78, 5) is 27.6. The number of hydrogen-bond donors (Lipinski definition) is 1. The zero-order valence-electron chi connectivity index (χ0n) is 18.3. The summed E-state index contributed by atoms with van der Waals surface area (Å²) in [6, 6.07) is 15.1. The Morgan fingerprint density at radius 2 is 1.84 bits per heavy atom. The Morgan fingerprint density at radius 3 is 2.44 bits per heavy atom. The fourth-order valence-corrected chi connectivity index (χ4v) is 3.98. The van der Waals surface area contributed by atoms with Gasteiger partial charge < -0.3 is 14.3 Å². The van der Waals surface area contributed by atoms with Crippen LogP contribution in [0.4, 0.5) is 5.69 Å². The number of rotatable bonds is 6. The first kappa shape index (κ1) is 21.4. The van der Waals surface area contributed by atoms with Crippen LogP contribution in [0.15, 0.2) is 70.9 Å². The van der Waals surface area contributed by atoms with E-state index in [0.29, 0.717) is 29.4 Å². The normalized spacial score (nSPS) is 17.7. The second-order valence-corrected chi connectivity index (χ2v) is 7.62. The van der Waals surface area contributed by atoms with Gasteiger partial charge in [0.15, 0.2) is 0 Å². The molecular formula is C26H25NO5. The van der Waals surface area contributed by atoms with Crippen molar-refractivity contribution < 1.29 is 23.8 Å². The van der Waals surface area contributed by atoms with Crippen LogP contribution in [0.5, 0.6) is 5.75 Å². The first-order valence-electron chi connectivity index (χ1n) is 10.6. The van der Waals surface area contributed by atoms with E-state index in [9.17, 15) is 14.7 Å². The van der Waals surface area contributed by atoms with E-state index in [-0.39, 0.29) is 11.3 Å². The lowest BCUT2D eigenvalue weighted by Gasteiger charge is -2.23. The van der Waals surface area contributed by atoms with E-state index < -0.39 is 17.7 Å². The van der Waals surface area contributed by atoms with Gasteiger partial charge in [-0.05, 0) is 73.9 Å². The molecule has 1 saturated heterocycles. The number of Topliss-reactive ketones (excluding diaryl/α,β-unsaturated/α-hetero) is 1. The van der Waals surface area contributed by atoms with Crippen molar-refractivity contribution >= 4 is 23.1 Å². The van der Waals surface area contributed by atoms with Crippen molar-refractivity contribution in [2.75, 3.05) is 11.5 Å². The van der Waals surface area contributed by atoms with Gasteiger partial charge in [0, 0.05) is 11.3 Å². The maximum Gasteiger partial charge on any atom is 0.300 e. The molecule has 2 heterocycles. The quantitative estimate of drug-likeness (QED) is 0.331. The van der Waals surface area contributed by atoms with Crippen molar-refractivity contribution in [3.05, 3.63) is 88.9 Å². The molecule has 0 saturated carbocycles. The maximum atomic E-state index is 13.1. The molecule has 2 aromatic carbocycles. The molecule has 1 aliphatic rings. The zero-order chi connectivity index (χ0) is 22.8. The number of anilines is 1. The first-order valence-corrected chi connectivity index (χ1v) is 10.6. The number of hydrogen-bond acceptors (Lipinski definition) is 5. The van der Waals surface area contributed by atoms with Crippen LogP contribution in [0.3, 0.4) is 0 Å². The van der Waals surface area contributed by atoms with Crippen LogP contribution in [-0.4, -0.2) is 23.4 Å². The van der Waals surface area contributed by atoms with Gasteiger partial charge >= 0.3 is 0 Å². The van der Waals surface area contributed by atoms with E-state index in [4.69, 9.17) is 9.15 Å². The van der Waals surface area contributed by atoms with Gasteiger partial charge in [-0.25, -0.2) is 0 Å². The van der Waals surface area contributed by atoms with Gasteiger partial charge in [-0.2, -0.15) is 0 Å². The van der Waals surface area contributed by atoms with E-state index in [0.717, 1.165) is 17.5 Å². The van der Waals surface area contributed by atoms with Crippen molar-refractivity contribution in [1.29, 1.82) is 0 Å². The van der Waals surface area contributed by atoms with E-state index in [2.05, 4.69) is 0 Å². The summed E-state index contributed by atoms with van der Waals surface area (Å²) in [6.45, 7) is 6.32. The molecule has 0 spiro atoms. The van der Waals surface area contributed by atoms with Crippen LogP contribution < -0.4 is 9.64 Å². The average Bonchev–Trinajstić information content (AvgIpc) is 3.42. The molecule has 1 fully saturated rings. The highest BCUT2D eigenvalue weighted by atomic mass is 16.5. The molecule has 1 atom stereocenters. The van der Waals surface area contributed by atoms with Crippen LogP contribution in [0.1, 0.15) is 42.3 Å². The minimum Gasteiger partial charge on any atom is -0.507 e. The number of benzene rings is 2. The largest absolute Gasteiger partial charge is 0.507 e. The summed E-state index contributed by atoms with van der Waals surface area (Å²) < 4.78 is 11.2. The topological polar surface area (TPSA) is 80.0 Å². The zero-order valence-corrected chi connectivity index (χ0v) is 18.3. The number of aliphatic hydroxyl groups is 1. The molecule has 3 aromatic rings. The minimum absolute atomic E-state index is 0.00641. The van der Waals surface area contributed by atoms with Crippen LogP contribution >= 0.6 is 0 Å². The molecule has 0 bridgehead atoms. The standard InChI is InChI=1S/C26H25NO5/c1-4-17-8-11-19(12-9-17)27-23(21-7-6-14-32-21)22(25(29)26(27)30)24(28)18-10-13-20(31-5-2)16(3)15-18/h6-15,23,28H,4-5H2,1-3H3/b24-22-. The molecule has 0 aliphatic carbocycles. The highest BCUT2D eigenvalue weighted by Crippen LogP contribution is 2.42. The minimum atomic E-state index is -0.871. The van der Waals surface area contributed by atoms with Gasteiger partial charge in [0.2, 0.25) is 0 Å². The van der Waals surface area contributed by atoms with Crippen LogP contribution in [0.2, 0.25) is 0 Å². The Morgan fingerprint density at radius 1 is 1.09 bits per heavy atom. The molecule has 6 nitrogen and oxygen atoms in total. The Balaban J connectivity index is 1.85.